The van der Waals surface area contributed by atoms with E-state index in [9.17, 15) is 9.59 Å². The summed E-state index contributed by atoms with van der Waals surface area (Å²) in [7, 11) is 1.60. The third kappa shape index (κ3) is 4.09. The second kappa shape index (κ2) is 7.25. The first-order valence-corrected chi connectivity index (χ1v) is 7.96. The highest BCUT2D eigenvalue weighted by molar-refractivity contribution is 5.93. The molecule has 1 heterocycles. The standard InChI is InChI=1S/C19H19NO5/c1-24-16-5-6-17-13(10-16)9-14(11-25-17)19(23)20-15-4-2-3-12(7-15)8-18(21)22/h2-7,10,14H,8-9,11H2,1H3,(H,20,23)(H,21,22). The molecule has 3 rings (SSSR count). The van der Waals surface area contributed by atoms with Crippen LogP contribution in [0.1, 0.15) is 11.1 Å². The number of methoxy groups -OCH3 is 1. The lowest BCUT2D eigenvalue weighted by atomic mass is 9.95. The maximum atomic E-state index is 12.5. The topological polar surface area (TPSA) is 84.9 Å². The van der Waals surface area contributed by atoms with Gasteiger partial charge in [0.15, 0.2) is 0 Å². The Kier molecular flexibility index (Phi) is 4.88. The van der Waals surface area contributed by atoms with Gasteiger partial charge in [-0.3, -0.25) is 9.59 Å². The summed E-state index contributed by atoms with van der Waals surface area (Å²) >= 11 is 0. The number of anilines is 1. The van der Waals surface area contributed by atoms with Gasteiger partial charge in [0.1, 0.15) is 18.1 Å². The van der Waals surface area contributed by atoms with Gasteiger partial charge in [0.25, 0.3) is 0 Å². The Balaban J connectivity index is 1.68. The Morgan fingerprint density at radius 3 is 2.88 bits per heavy atom. The highest BCUT2D eigenvalue weighted by Crippen LogP contribution is 2.31. The molecule has 2 aromatic carbocycles. The molecule has 6 heteroatoms. The number of carboxylic acids is 1. The molecule has 130 valence electrons. The molecule has 2 aromatic rings. The second-order valence-electron chi connectivity index (χ2n) is 5.95. The number of fused-ring (bicyclic) bond motifs is 1. The highest BCUT2D eigenvalue weighted by atomic mass is 16.5. The molecule has 0 radical (unpaired) electrons. The van der Waals surface area contributed by atoms with Gasteiger partial charge in [-0.15, -0.1) is 0 Å². The summed E-state index contributed by atoms with van der Waals surface area (Å²) in [6, 6.07) is 12.4. The molecule has 6 nitrogen and oxygen atoms in total. The molecular formula is C19H19NO5. The third-order valence-electron chi connectivity index (χ3n) is 4.09. The predicted octanol–water partition coefficient (Wildman–Crippen LogP) is 2.51. The minimum atomic E-state index is -0.908. The van der Waals surface area contributed by atoms with E-state index < -0.39 is 5.97 Å². The van der Waals surface area contributed by atoms with E-state index in [1.54, 1.807) is 31.4 Å². The molecule has 1 atom stereocenters. The van der Waals surface area contributed by atoms with Crippen LogP contribution >= 0.6 is 0 Å². The molecule has 0 saturated carbocycles. The van der Waals surface area contributed by atoms with Gasteiger partial charge < -0.3 is 19.9 Å². The third-order valence-corrected chi connectivity index (χ3v) is 4.09. The number of hydrogen-bond donors (Lipinski definition) is 2. The van der Waals surface area contributed by atoms with E-state index in [1.165, 1.54) is 0 Å². The van der Waals surface area contributed by atoms with Crippen LogP contribution in [0.5, 0.6) is 11.5 Å². The van der Waals surface area contributed by atoms with Crippen molar-refractivity contribution in [2.24, 2.45) is 5.92 Å². The molecule has 1 unspecified atom stereocenters. The number of rotatable bonds is 5. The number of hydrogen-bond acceptors (Lipinski definition) is 4. The summed E-state index contributed by atoms with van der Waals surface area (Å²) in [5, 5.41) is 11.7. The van der Waals surface area contributed by atoms with Crippen molar-refractivity contribution >= 4 is 17.6 Å². The lowest BCUT2D eigenvalue weighted by Crippen LogP contribution is -2.32. The maximum absolute atomic E-state index is 12.5. The van der Waals surface area contributed by atoms with Crippen LogP contribution in [0.4, 0.5) is 5.69 Å². The maximum Gasteiger partial charge on any atom is 0.307 e. The van der Waals surface area contributed by atoms with Crippen LogP contribution < -0.4 is 14.8 Å². The molecule has 25 heavy (non-hydrogen) atoms. The van der Waals surface area contributed by atoms with Gasteiger partial charge in [0.2, 0.25) is 5.91 Å². The smallest absolute Gasteiger partial charge is 0.307 e. The van der Waals surface area contributed by atoms with E-state index >= 15 is 0 Å². The van der Waals surface area contributed by atoms with Gasteiger partial charge in [0.05, 0.1) is 19.4 Å². The quantitative estimate of drug-likeness (QED) is 0.873. The summed E-state index contributed by atoms with van der Waals surface area (Å²) in [6.45, 7) is 0.306. The molecule has 1 aliphatic rings. The van der Waals surface area contributed by atoms with Crippen LogP contribution in [0.25, 0.3) is 0 Å². The van der Waals surface area contributed by atoms with Crippen molar-refractivity contribution in [1.29, 1.82) is 0 Å². The summed E-state index contributed by atoms with van der Waals surface area (Å²) in [5.41, 5.74) is 2.16. The first kappa shape index (κ1) is 16.8. The Bertz CT molecular complexity index is 802. The SMILES string of the molecule is COc1ccc2c(c1)CC(C(=O)Nc1cccc(CC(=O)O)c1)CO2. The van der Waals surface area contributed by atoms with Crippen molar-refractivity contribution in [3.05, 3.63) is 53.6 Å². The Morgan fingerprint density at radius 2 is 2.12 bits per heavy atom. The number of nitrogens with one attached hydrogen (secondary N) is 1. The van der Waals surface area contributed by atoms with Gasteiger partial charge in [-0.2, -0.15) is 0 Å². The van der Waals surface area contributed by atoms with Gasteiger partial charge in [-0.25, -0.2) is 0 Å². The molecule has 0 bridgehead atoms. The van der Waals surface area contributed by atoms with E-state index in [0.717, 1.165) is 17.1 Å². The van der Waals surface area contributed by atoms with Crippen molar-refractivity contribution in [3.8, 4) is 11.5 Å². The number of amides is 1. The lowest BCUT2D eigenvalue weighted by Gasteiger charge is -2.25. The second-order valence-corrected chi connectivity index (χ2v) is 5.95. The Labute approximate surface area is 145 Å². The zero-order chi connectivity index (χ0) is 17.8. The van der Waals surface area contributed by atoms with Crippen molar-refractivity contribution in [2.45, 2.75) is 12.8 Å². The first-order chi connectivity index (χ1) is 12.0. The number of carbonyl (C=O) groups excluding carboxylic acids is 1. The van der Waals surface area contributed by atoms with Crippen LogP contribution in [0.3, 0.4) is 0 Å². The molecule has 0 saturated heterocycles. The number of carboxylic acid groups (broad SMARTS) is 1. The lowest BCUT2D eigenvalue weighted by molar-refractivity contribution is -0.136. The normalized spacial score (nSPS) is 15.6. The fourth-order valence-corrected chi connectivity index (χ4v) is 2.84. The number of carbonyl (C=O) groups is 2. The van der Waals surface area contributed by atoms with Gasteiger partial charge in [-0.1, -0.05) is 12.1 Å². The van der Waals surface area contributed by atoms with E-state index in [2.05, 4.69) is 5.32 Å². The molecule has 0 spiro atoms. The van der Waals surface area contributed by atoms with E-state index in [0.29, 0.717) is 24.3 Å². The van der Waals surface area contributed by atoms with Crippen molar-refractivity contribution in [2.75, 3.05) is 19.0 Å². The van der Waals surface area contributed by atoms with Crippen LogP contribution in [-0.2, 0) is 22.4 Å². The minimum absolute atomic E-state index is 0.0799. The summed E-state index contributed by atoms with van der Waals surface area (Å²) < 4.78 is 10.9. The largest absolute Gasteiger partial charge is 0.497 e. The number of benzene rings is 2. The molecule has 2 N–H and O–H groups in total. The number of aliphatic carboxylic acids is 1. The summed E-state index contributed by atoms with van der Waals surface area (Å²) in [6.07, 6.45) is 0.483. The first-order valence-electron chi connectivity index (χ1n) is 7.96. The molecule has 1 amide bonds. The fraction of sp³-hybridized carbons (Fsp3) is 0.263. The van der Waals surface area contributed by atoms with Crippen LogP contribution in [-0.4, -0.2) is 30.7 Å². The zero-order valence-electron chi connectivity index (χ0n) is 13.8. The van der Waals surface area contributed by atoms with Crippen molar-refractivity contribution in [3.63, 3.8) is 0 Å². The average molecular weight is 341 g/mol. The predicted molar refractivity (Wildman–Crippen MR) is 92.1 cm³/mol. The minimum Gasteiger partial charge on any atom is -0.497 e. The van der Waals surface area contributed by atoms with E-state index in [-0.39, 0.29) is 18.2 Å². The average Bonchev–Trinajstić information content (AvgIpc) is 2.60. The Hall–Kier alpha value is -3.02. The monoisotopic (exact) mass is 341 g/mol. The summed E-state index contributed by atoms with van der Waals surface area (Å²) in [5.74, 6) is 0.122. The van der Waals surface area contributed by atoms with Crippen molar-refractivity contribution in [1.82, 2.24) is 0 Å². The molecule has 1 aliphatic heterocycles. The van der Waals surface area contributed by atoms with E-state index in [1.807, 2.05) is 18.2 Å². The molecule has 0 fully saturated rings. The van der Waals surface area contributed by atoms with Gasteiger partial charge >= 0.3 is 5.97 Å². The Morgan fingerprint density at radius 1 is 1.28 bits per heavy atom. The van der Waals surface area contributed by atoms with Crippen LogP contribution in [0.15, 0.2) is 42.5 Å². The van der Waals surface area contributed by atoms with Gasteiger partial charge in [0, 0.05) is 5.69 Å². The van der Waals surface area contributed by atoms with Crippen LogP contribution in [0.2, 0.25) is 0 Å². The van der Waals surface area contributed by atoms with Gasteiger partial charge in [-0.05, 0) is 47.9 Å². The zero-order valence-corrected chi connectivity index (χ0v) is 13.8. The van der Waals surface area contributed by atoms with Crippen molar-refractivity contribution < 1.29 is 24.2 Å². The summed E-state index contributed by atoms with van der Waals surface area (Å²) in [4.78, 5) is 23.3. The molecular weight excluding hydrogens is 322 g/mol. The molecule has 0 aliphatic carbocycles. The highest BCUT2D eigenvalue weighted by Gasteiger charge is 2.26. The van der Waals surface area contributed by atoms with E-state index in [4.69, 9.17) is 14.6 Å². The molecule has 0 aromatic heterocycles. The fourth-order valence-electron chi connectivity index (χ4n) is 2.84. The van der Waals surface area contributed by atoms with Crippen LogP contribution in [0, 0.1) is 5.92 Å². The number of ether oxygens (including phenoxy) is 2.